The molecule has 1 aliphatic heterocycles. The summed E-state index contributed by atoms with van der Waals surface area (Å²) < 4.78 is 7.59. The molecule has 2 atom stereocenters. The Kier molecular flexibility index (Phi) is 4.30. The van der Waals surface area contributed by atoms with Gasteiger partial charge >= 0.3 is 0 Å². The number of hydrazine groups is 1. The Balaban J connectivity index is 2.02. The van der Waals surface area contributed by atoms with Crippen LogP contribution in [0.3, 0.4) is 0 Å². The van der Waals surface area contributed by atoms with Crippen molar-refractivity contribution in [3.8, 4) is 0 Å². The molecule has 1 aliphatic rings. The Morgan fingerprint density at radius 1 is 1.67 bits per heavy atom. The van der Waals surface area contributed by atoms with E-state index < -0.39 is 6.10 Å². The molecule has 2 rings (SSSR count). The minimum Gasteiger partial charge on any atom is -0.363 e. The molecule has 1 aromatic rings. The van der Waals surface area contributed by atoms with Gasteiger partial charge in [-0.3, -0.25) is 19.6 Å². The zero-order valence-corrected chi connectivity index (χ0v) is 11.7. The number of nitrogens with one attached hydrogen (secondary N) is 1. The van der Waals surface area contributed by atoms with Crippen LogP contribution >= 0.6 is 22.6 Å². The first-order chi connectivity index (χ1) is 8.61. The molecular weight excluding hydrogens is 351 g/mol. The molecule has 0 spiro atoms. The summed E-state index contributed by atoms with van der Waals surface area (Å²) in [6.45, 7) is 0.400. The lowest BCUT2D eigenvalue weighted by molar-refractivity contribution is -0.132. The van der Waals surface area contributed by atoms with Crippen molar-refractivity contribution in [3.05, 3.63) is 26.4 Å². The van der Waals surface area contributed by atoms with Crippen molar-refractivity contribution < 1.29 is 9.53 Å². The van der Waals surface area contributed by atoms with Crippen molar-refractivity contribution in [2.75, 3.05) is 0 Å². The van der Waals surface area contributed by atoms with Gasteiger partial charge in [-0.05, 0) is 35.4 Å². The van der Waals surface area contributed by atoms with Gasteiger partial charge in [-0.15, -0.1) is 0 Å². The quantitative estimate of drug-likeness (QED) is 0.323. The van der Waals surface area contributed by atoms with E-state index >= 15 is 0 Å². The van der Waals surface area contributed by atoms with E-state index in [4.69, 9.17) is 10.6 Å². The summed E-state index contributed by atoms with van der Waals surface area (Å²) in [5.74, 6) is 4.72. The van der Waals surface area contributed by atoms with Gasteiger partial charge in [-0.2, -0.15) is 0 Å². The van der Waals surface area contributed by atoms with Gasteiger partial charge in [0.1, 0.15) is 6.10 Å². The second-order valence-corrected chi connectivity index (χ2v) is 5.19. The molecule has 1 fully saturated rings. The van der Waals surface area contributed by atoms with Gasteiger partial charge in [0.2, 0.25) is 0 Å². The SMILES string of the molecule is NNC(=O)C1CCC(Cn2cncc(I)c2=O)O1. The summed E-state index contributed by atoms with van der Waals surface area (Å²) in [7, 11) is 0. The molecule has 3 N–H and O–H groups in total. The first-order valence-corrected chi connectivity index (χ1v) is 6.55. The van der Waals surface area contributed by atoms with Crippen molar-refractivity contribution in [2.45, 2.75) is 31.6 Å². The molecular formula is C10H13IN4O3. The minimum atomic E-state index is -0.522. The molecule has 0 bridgehead atoms. The first kappa shape index (κ1) is 13.4. The zero-order valence-electron chi connectivity index (χ0n) is 9.51. The number of amides is 1. The topological polar surface area (TPSA) is 99.2 Å². The van der Waals surface area contributed by atoms with E-state index in [1.807, 2.05) is 22.6 Å². The Labute approximate surface area is 117 Å². The second kappa shape index (κ2) is 5.76. The highest BCUT2D eigenvalue weighted by Crippen LogP contribution is 2.20. The van der Waals surface area contributed by atoms with Crippen molar-refractivity contribution in [1.82, 2.24) is 15.0 Å². The van der Waals surface area contributed by atoms with Crippen LogP contribution in [0.15, 0.2) is 17.3 Å². The van der Waals surface area contributed by atoms with Crippen LogP contribution < -0.4 is 16.8 Å². The van der Waals surface area contributed by atoms with Gasteiger partial charge in [-0.25, -0.2) is 10.8 Å². The average molecular weight is 364 g/mol. The van der Waals surface area contributed by atoms with E-state index in [9.17, 15) is 9.59 Å². The molecule has 0 aliphatic carbocycles. The van der Waals surface area contributed by atoms with Gasteiger partial charge < -0.3 is 4.74 Å². The number of nitrogens with two attached hydrogens (primary N) is 1. The summed E-state index contributed by atoms with van der Waals surface area (Å²) in [5.41, 5.74) is 1.97. The summed E-state index contributed by atoms with van der Waals surface area (Å²) in [6.07, 6.45) is 3.64. The van der Waals surface area contributed by atoms with Crippen LogP contribution in [0.4, 0.5) is 0 Å². The fourth-order valence-corrected chi connectivity index (χ4v) is 2.37. The van der Waals surface area contributed by atoms with E-state index in [2.05, 4.69) is 10.4 Å². The smallest absolute Gasteiger partial charge is 0.266 e. The van der Waals surface area contributed by atoms with Crippen molar-refractivity contribution in [2.24, 2.45) is 5.84 Å². The molecule has 1 saturated heterocycles. The zero-order chi connectivity index (χ0) is 13.1. The molecule has 2 heterocycles. The molecule has 18 heavy (non-hydrogen) atoms. The number of carbonyl (C=O) groups excluding carboxylic acids is 1. The van der Waals surface area contributed by atoms with E-state index in [1.54, 1.807) is 0 Å². The van der Waals surface area contributed by atoms with Crippen LogP contribution in [0, 0.1) is 3.57 Å². The molecule has 7 nitrogen and oxygen atoms in total. The second-order valence-electron chi connectivity index (χ2n) is 4.03. The molecule has 0 saturated carbocycles. The highest BCUT2D eigenvalue weighted by molar-refractivity contribution is 14.1. The minimum absolute atomic E-state index is 0.0964. The largest absolute Gasteiger partial charge is 0.363 e. The highest BCUT2D eigenvalue weighted by atomic mass is 127. The van der Waals surface area contributed by atoms with Crippen LogP contribution in [-0.2, 0) is 16.1 Å². The summed E-state index contributed by atoms with van der Waals surface area (Å²) >= 11 is 1.94. The lowest BCUT2D eigenvalue weighted by Gasteiger charge is -2.13. The fraction of sp³-hybridized carbons (Fsp3) is 0.500. The average Bonchev–Trinajstić information content (AvgIpc) is 2.82. The van der Waals surface area contributed by atoms with Crippen molar-refractivity contribution >= 4 is 28.5 Å². The predicted molar refractivity (Wildman–Crippen MR) is 71.4 cm³/mol. The Morgan fingerprint density at radius 2 is 2.44 bits per heavy atom. The molecule has 0 radical (unpaired) electrons. The van der Waals surface area contributed by atoms with Crippen LogP contribution in [0.5, 0.6) is 0 Å². The van der Waals surface area contributed by atoms with Crippen LogP contribution in [0.2, 0.25) is 0 Å². The number of hydrogen-bond donors (Lipinski definition) is 2. The number of aromatic nitrogens is 2. The monoisotopic (exact) mass is 364 g/mol. The number of halogens is 1. The van der Waals surface area contributed by atoms with Gasteiger partial charge in [0.05, 0.1) is 22.5 Å². The van der Waals surface area contributed by atoms with E-state index in [-0.39, 0.29) is 17.6 Å². The van der Waals surface area contributed by atoms with Crippen LogP contribution in [0.25, 0.3) is 0 Å². The number of rotatable bonds is 3. The maximum atomic E-state index is 11.8. The number of carbonyl (C=O) groups is 1. The lowest BCUT2D eigenvalue weighted by Crippen LogP contribution is -2.39. The maximum Gasteiger partial charge on any atom is 0.266 e. The molecule has 1 amide bonds. The molecule has 98 valence electrons. The first-order valence-electron chi connectivity index (χ1n) is 5.47. The molecule has 1 aromatic heterocycles. The van der Waals surface area contributed by atoms with E-state index in [0.717, 1.165) is 6.42 Å². The summed E-state index contributed by atoms with van der Waals surface area (Å²) in [4.78, 5) is 27.0. The lowest BCUT2D eigenvalue weighted by atomic mass is 10.2. The maximum absolute atomic E-state index is 11.8. The van der Waals surface area contributed by atoms with Gasteiger partial charge in [0.15, 0.2) is 0 Å². The molecule has 2 unspecified atom stereocenters. The number of hydrogen-bond acceptors (Lipinski definition) is 5. The Bertz CT molecular complexity index is 504. The van der Waals surface area contributed by atoms with E-state index in [1.165, 1.54) is 17.1 Å². The van der Waals surface area contributed by atoms with Gasteiger partial charge in [0, 0.05) is 6.20 Å². The van der Waals surface area contributed by atoms with Crippen LogP contribution in [-0.4, -0.2) is 27.7 Å². The predicted octanol–water partition coefficient (Wildman–Crippen LogP) is -0.615. The summed E-state index contributed by atoms with van der Waals surface area (Å²) in [5, 5.41) is 0. The normalized spacial score (nSPS) is 23.0. The molecule has 0 aromatic carbocycles. The van der Waals surface area contributed by atoms with Gasteiger partial charge in [0.25, 0.3) is 11.5 Å². The third kappa shape index (κ3) is 2.87. The third-order valence-electron chi connectivity index (χ3n) is 2.80. The number of ether oxygens (including phenoxy) is 1. The van der Waals surface area contributed by atoms with Crippen molar-refractivity contribution in [1.29, 1.82) is 0 Å². The van der Waals surface area contributed by atoms with Crippen LogP contribution in [0.1, 0.15) is 12.8 Å². The standard InChI is InChI=1S/C10H13IN4O3/c11-7-3-13-5-15(10(7)17)4-6-1-2-8(18-6)9(16)14-12/h3,5-6,8H,1-2,4,12H2,(H,14,16). The fourth-order valence-electron chi connectivity index (χ4n) is 1.90. The Morgan fingerprint density at radius 3 is 3.17 bits per heavy atom. The third-order valence-corrected chi connectivity index (χ3v) is 3.54. The van der Waals surface area contributed by atoms with Gasteiger partial charge in [-0.1, -0.05) is 0 Å². The summed E-state index contributed by atoms with van der Waals surface area (Å²) in [6, 6.07) is 0. The highest BCUT2D eigenvalue weighted by Gasteiger charge is 2.30. The van der Waals surface area contributed by atoms with Crippen molar-refractivity contribution in [3.63, 3.8) is 0 Å². The molecule has 8 heteroatoms. The number of nitrogens with zero attached hydrogens (tertiary/aromatic N) is 2. The Hall–Kier alpha value is -1.00. The van der Waals surface area contributed by atoms with E-state index in [0.29, 0.717) is 16.5 Å².